The summed E-state index contributed by atoms with van der Waals surface area (Å²) in [4.78, 5) is 4.25. The molecule has 0 amide bonds. The van der Waals surface area contributed by atoms with E-state index in [1.165, 1.54) is 0 Å². The molecule has 0 radical (unpaired) electrons. The Morgan fingerprint density at radius 3 is 2.76 bits per heavy atom. The Kier molecular flexibility index (Phi) is 4.93. The van der Waals surface area contributed by atoms with Gasteiger partial charge in [0.2, 0.25) is 0 Å². The van der Waals surface area contributed by atoms with E-state index in [1.807, 2.05) is 33.2 Å². The van der Waals surface area contributed by atoms with E-state index in [0.29, 0.717) is 0 Å². The minimum atomic E-state index is -0.156. The number of hydrogen-bond donors (Lipinski definition) is 2. The highest BCUT2D eigenvalue weighted by Crippen LogP contribution is 2.26. The summed E-state index contributed by atoms with van der Waals surface area (Å²) < 4.78 is 7.50. The third-order valence-electron chi connectivity index (χ3n) is 3.19. The minimum Gasteiger partial charge on any atom is -0.489 e. The van der Waals surface area contributed by atoms with Crippen LogP contribution < -0.4 is 16.0 Å². The van der Waals surface area contributed by atoms with Gasteiger partial charge in [-0.15, -0.1) is 0 Å². The Labute approximate surface area is 125 Å². The first kappa shape index (κ1) is 15.5. The Morgan fingerprint density at radius 2 is 2.14 bits per heavy atom. The van der Waals surface area contributed by atoms with Gasteiger partial charge < -0.3 is 4.74 Å². The topological polar surface area (TPSA) is 78.0 Å². The standard InChI is InChI=1S/C15H23N5O/c1-5-14-13(9-20(4)19-14)15(18-16)11-6-12(8-17-7-11)21-10(2)3/h6-10,15,18H,5,16H2,1-4H3. The van der Waals surface area contributed by atoms with Gasteiger partial charge in [-0.05, 0) is 31.9 Å². The molecular formula is C15H23N5O. The molecule has 1 atom stereocenters. The molecule has 0 fully saturated rings. The van der Waals surface area contributed by atoms with Crippen LogP contribution in [-0.2, 0) is 13.5 Å². The molecule has 114 valence electrons. The van der Waals surface area contributed by atoms with Crippen LogP contribution in [-0.4, -0.2) is 20.9 Å². The van der Waals surface area contributed by atoms with Gasteiger partial charge >= 0.3 is 0 Å². The SMILES string of the molecule is CCc1nn(C)cc1C(NN)c1cncc(OC(C)C)c1. The molecule has 0 spiro atoms. The van der Waals surface area contributed by atoms with Gasteiger partial charge in [0.05, 0.1) is 24.0 Å². The zero-order valence-electron chi connectivity index (χ0n) is 13.0. The average Bonchev–Trinajstić information content (AvgIpc) is 2.80. The number of pyridine rings is 1. The third kappa shape index (κ3) is 3.59. The van der Waals surface area contributed by atoms with Crippen LogP contribution in [0.3, 0.4) is 0 Å². The predicted octanol–water partition coefficient (Wildman–Crippen LogP) is 1.72. The Morgan fingerprint density at radius 1 is 1.38 bits per heavy atom. The maximum absolute atomic E-state index is 5.77. The number of nitrogens with one attached hydrogen (secondary N) is 1. The smallest absolute Gasteiger partial charge is 0.138 e. The molecule has 0 bridgehead atoms. The van der Waals surface area contributed by atoms with Crippen molar-refractivity contribution >= 4 is 0 Å². The maximum atomic E-state index is 5.77. The molecular weight excluding hydrogens is 266 g/mol. The molecule has 6 nitrogen and oxygen atoms in total. The summed E-state index contributed by atoms with van der Waals surface area (Å²) in [6.45, 7) is 6.05. The first-order valence-corrected chi connectivity index (χ1v) is 7.15. The first-order chi connectivity index (χ1) is 10.0. The minimum absolute atomic E-state index is 0.107. The highest BCUT2D eigenvalue weighted by Gasteiger charge is 2.19. The van der Waals surface area contributed by atoms with E-state index in [0.717, 1.165) is 29.0 Å². The fourth-order valence-electron chi connectivity index (χ4n) is 2.36. The van der Waals surface area contributed by atoms with E-state index in [1.54, 1.807) is 17.1 Å². The highest BCUT2D eigenvalue weighted by molar-refractivity contribution is 5.35. The lowest BCUT2D eigenvalue weighted by Gasteiger charge is -2.17. The van der Waals surface area contributed by atoms with Crippen molar-refractivity contribution in [1.29, 1.82) is 0 Å². The summed E-state index contributed by atoms with van der Waals surface area (Å²) >= 11 is 0. The molecule has 6 heteroatoms. The maximum Gasteiger partial charge on any atom is 0.138 e. The Balaban J connectivity index is 2.36. The van der Waals surface area contributed by atoms with Gasteiger partial charge in [-0.2, -0.15) is 5.10 Å². The van der Waals surface area contributed by atoms with Crippen LogP contribution in [0.2, 0.25) is 0 Å². The molecule has 2 heterocycles. The summed E-state index contributed by atoms with van der Waals surface area (Å²) in [7, 11) is 1.91. The molecule has 0 aliphatic carbocycles. The van der Waals surface area contributed by atoms with E-state index in [2.05, 4.69) is 22.4 Å². The quantitative estimate of drug-likeness (QED) is 0.625. The van der Waals surface area contributed by atoms with Crippen LogP contribution in [0.5, 0.6) is 5.75 Å². The highest BCUT2D eigenvalue weighted by atomic mass is 16.5. The van der Waals surface area contributed by atoms with Crippen molar-refractivity contribution < 1.29 is 4.74 Å². The second kappa shape index (κ2) is 6.69. The van der Waals surface area contributed by atoms with Crippen molar-refractivity contribution in [2.75, 3.05) is 0 Å². The number of nitrogens with two attached hydrogens (primary N) is 1. The molecule has 0 aliphatic heterocycles. The number of ether oxygens (including phenoxy) is 1. The molecule has 2 rings (SSSR count). The van der Waals surface area contributed by atoms with E-state index in [9.17, 15) is 0 Å². The second-order valence-electron chi connectivity index (χ2n) is 5.28. The van der Waals surface area contributed by atoms with E-state index >= 15 is 0 Å². The average molecular weight is 289 g/mol. The lowest BCUT2D eigenvalue weighted by molar-refractivity contribution is 0.241. The van der Waals surface area contributed by atoms with Gasteiger partial charge in [-0.25, -0.2) is 5.43 Å². The zero-order chi connectivity index (χ0) is 15.4. The van der Waals surface area contributed by atoms with Gasteiger partial charge in [-0.1, -0.05) is 6.92 Å². The molecule has 0 aliphatic rings. The molecule has 1 unspecified atom stereocenters. The summed E-state index contributed by atoms with van der Waals surface area (Å²) in [6.07, 6.45) is 6.45. The van der Waals surface area contributed by atoms with Gasteiger partial charge in [0.25, 0.3) is 0 Å². The third-order valence-corrected chi connectivity index (χ3v) is 3.19. The van der Waals surface area contributed by atoms with Crippen molar-refractivity contribution in [1.82, 2.24) is 20.2 Å². The van der Waals surface area contributed by atoms with E-state index < -0.39 is 0 Å². The molecule has 2 aromatic heterocycles. The van der Waals surface area contributed by atoms with Gasteiger partial charge in [-0.3, -0.25) is 15.5 Å². The van der Waals surface area contributed by atoms with Crippen LogP contribution in [0.4, 0.5) is 0 Å². The zero-order valence-corrected chi connectivity index (χ0v) is 13.0. The van der Waals surface area contributed by atoms with Crippen LogP contribution in [0, 0.1) is 0 Å². The molecule has 0 saturated heterocycles. The summed E-state index contributed by atoms with van der Waals surface area (Å²) in [5.74, 6) is 6.51. The van der Waals surface area contributed by atoms with Crippen molar-refractivity contribution in [2.45, 2.75) is 39.3 Å². The predicted molar refractivity (Wildman–Crippen MR) is 81.8 cm³/mol. The number of hydrogen-bond acceptors (Lipinski definition) is 5. The van der Waals surface area contributed by atoms with Crippen molar-refractivity contribution in [3.63, 3.8) is 0 Å². The lowest BCUT2D eigenvalue weighted by Crippen LogP contribution is -2.29. The fourth-order valence-corrected chi connectivity index (χ4v) is 2.36. The van der Waals surface area contributed by atoms with Crippen molar-refractivity contribution in [2.24, 2.45) is 12.9 Å². The lowest BCUT2D eigenvalue weighted by atomic mass is 10.0. The van der Waals surface area contributed by atoms with Gasteiger partial charge in [0, 0.05) is 25.0 Å². The number of nitrogens with zero attached hydrogens (tertiary/aromatic N) is 3. The first-order valence-electron chi connectivity index (χ1n) is 7.15. The van der Waals surface area contributed by atoms with Gasteiger partial charge in [0.1, 0.15) is 5.75 Å². The molecule has 0 saturated carbocycles. The summed E-state index contributed by atoms with van der Waals surface area (Å²) in [5.41, 5.74) is 5.90. The Hall–Kier alpha value is -1.92. The molecule has 2 aromatic rings. The second-order valence-corrected chi connectivity index (χ2v) is 5.28. The Bertz CT molecular complexity index is 593. The molecule has 21 heavy (non-hydrogen) atoms. The molecule has 3 N–H and O–H groups in total. The fraction of sp³-hybridized carbons (Fsp3) is 0.467. The summed E-state index contributed by atoms with van der Waals surface area (Å²) in [6, 6.07) is 1.81. The van der Waals surface area contributed by atoms with Crippen molar-refractivity contribution in [3.05, 3.63) is 41.5 Å². The van der Waals surface area contributed by atoms with Gasteiger partial charge in [0.15, 0.2) is 0 Å². The number of hydrazine groups is 1. The van der Waals surface area contributed by atoms with Crippen LogP contribution in [0.15, 0.2) is 24.7 Å². The largest absolute Gasteiger partial charge is 0.489 e. The van der Waals surface area contributed by atoms with Crippen LogP contribution in [0.25, 0.3) is 0 Å². The van der Waals surface area contributed by atoms with Crippen LogP contribution >= 0.6 is 0 Å². The van der Waals surface area contributed by atoms with E-state index in [-0.39, 0.29) is 12.1 Å². The molecule has 0 aromatic carbocycles. The van der Waals surface area contributed by atoms with E-state index in [4.69, 9.17) is 10.6 Å². The van der Waals surface area contributed by atoms with Crippen LogP contribution in [0.1, 0.15) is 43.6 Å². The number of aromatic nitrogens is 3. The monoisotopic (exact) mass is 289 g/mol. The van der Waals surface area contributed by atoms with Crippen molar-refractivity contribution in [3.8, 4) is 5.75 Å². The summed E-state index contributed by atoms with van der Waals surface area (Å²) in [5, 5.41) is 4.46. The normalized spacial score (nSPS) is 12.7. The number of rotatable bonds is 6. The number of aryl methyl sites for hydroxylation is 2.